The lowest BCUT2D eigenvalue weighted by Crippen LogP contribution is -2.39. The predicted molar refractivity (Wildman–Crippen MR) is 57.1 cm³/mol. The fourth-order valence-corrected chi connectivity index (χ4v) is 2.37. The van der Waals surface area contributed by atoms with Gasteiger partial charge in [0.1, 0.15) is 5.01 Å². The first-order valence-electron chi connectivity index (χ1n) is 5.12. The monoisotopic (exact) mass is 212 g/mol. The number of hydrogen-bond donors (Lipinski definition) is 1. The molecule has 3 nitrogen and oxygen atoms in total. The van der Waals surface area contributed by atoms with Crippen molar-refractivity contribution in [2.75, 3.05) is 0 Å². The molecule has 14 heavy (non-hydrogen) atoms. The van der Waals surface area contributed by atoms with Gasteiger partial charge in [-0.2, -0.15) is 0 Å². The summed E-state index contributed by atoms with van der Waals surface area (Å²) in [4.78, 5) is 4.18. The second-order valence-electron chi connectivity index (χ2n) is 3.72. The van der Waals surface area contributed by atoms with Gasteiger partial charge in [-0.05, 0) is 12.8 Å². The van der Waals surface area contributed by atoms with E-state index in [4.69, 9.17) is 10.5 Å². The number of nitrogens with two attached hydrogens (primary N) is 1. The molecule has 0 spiro atoms. The molecule has 2 atom stereocenters. The van der Waals surface area contributed by atoms with E-state index in [1.165, 1.54) is 12.8 Å². The van der Waals surface area contributed by atoms with Gasteiger partial charge >= 0.3 is 0 Å². The second-order valence-corrected chi connectivity index (χ2v) is 4.70. The lowest BCUT2D eigenvalue weighted by molar-refractivity contribution is 0.00398. The van der Waals surface area contributed by atoms with Crippen molar-refractivity contribution in [1.82, 2.24) is 4.98 Å². The predicted octanol–water partition coefficient (Wildman–Crippen LogP) is 1.93. The van der Waals surface area contributed by atoms with Crippen molar-refractivity contribution in [3.05, 3.63) is 16.6 Å². The molecule has 1 aliphatic carbocycles. The highest BCUT2D eigenvalue weighted by Crippen LogP contribution is 2.21. The average molecular weight is 212 g/mol. The Bertz CT molecular complexity index is 263. The van der Waals surface area contributed by atoms with Crippen molar-refractivity contribution in [2.45, 2.75) is 44.4 Å². The molecule has 1 fully saturated rings. The number of nitrogens with zero attached hydrogens (tertiary/aromatic N) is 1. The number of thiazole rings is 1. The molecule has 2 N–H and O–H groups in total. The van der Waals surface area contributed by atoms with Crippen molar-refractivity contribution in [1.29, 1.82) is 0 Å². The van der Waals surface area contributed by atoms with Crippen LogP contribution in [0.4, 0.5) is 0 Å². The van der Waals surface area contributed by atoms with E-state index in [9.17, 15) is 0 Å². The minimum Gasteiger partial charge on any atom is -0.369 e. The molecule has 4 heteroatoms. The van der Waals surface area contributed by atoms with Crippen molar-refractivity contribution >= 4 is 11.3 Å². The number of aromatic nitrogens is 1. The fraction of sp³-hybridized carbons (Fsp3) is 0.700. The Kier molecular flexibility index (Phi) is 3.50. The Morgan fingerprint density at radius 3 is 3.07 bits per heavy atom. The Labute approximate surface area is 88.3 Å². The van der Waals surface area contributed by atoms with E-state index in [1.54, 1.807) is 11.3 Å². The van der Waals surface area contributed by atoms with E-state index in [0.717, 1.165) is 17.8 Å². The quantitative estimate of drug-likeness (QED) is 0.832. The van der Waals surface area contributed by atoms with E-state index >= 15 is 0 Å². The van der Waals surface area contributed by atoms with Gasteiger partial charge in [-0.25, -0.2) is 4.98 Å². The highest BCUT2D eigenvalue weighted by Gasteiger charge is 2.22. The van der Waals surface area contributed by atoms with Crippen LogP contribution in [0.5, 0.6) is 0 Å². The van der Waals surface area contributed by atoms with Crippen LogP contribution >= 0.6 is 11.3 Å². The molecular weight excluding hydrogens is 196 g/mol. The fourth-order valence-electron chi connectivity index (χ4n) is 1.84. The third-order valence-corrected chi connectivity index (χ3v) is 3.41. The van der Waals surface area contributed by atoms with Crippen LogP contribution in [0.25, 0.3) is 0 Å². The molecule has 0 bridgehead atoms. The van der Waals surface area contributed by atoms with Crippen molar-refractivity contribution in [2.24, 2.45) is 5.73 Å². The van der Waals surface area contributed by atoms with Crippen molar-refractivity contribution in [3.8, 4) is 0 Å². The van der Waals surface area contributed by atoms with Gasteiger partial charge in [0.25, 0.3) is 0 Å². The topological polar surface area (TPSA) is 48.1 Å². The maximum Gasteiger partial charge on any atom is 0.118 e. The largest absolute Gasteiger partial charge is 0.369 e. The number of ether oxygens (including phenoxy) is 1. The standard InChI is InChI=1S/C10H16N2OS/c11-8-3-1-2-4-9(8)13-7-10-12-5-6-14-10/h5-6,8-9H,1-4,7,11H2. The van der Waals surface area contributed by atoms with E-state index in [1.807, 2.05) is 11.6 Å². The van der Waals surface area contributed by atoms with Gasteiger partial charge in [-0.1, -0.05) is 12.8 Å². The van der Waals surface area contributed by atoms with E-state index < -0.39 is 0 Å². The number of hydrogen-bond acceptors (Lipinski definition) is 4. The Hall–Kier alpha value is -0.450. The first-order chi connectivity index (χ1) is 6.86. The Morgan fingerprint density at radius 1 is 1.50 bits per heavy atom. The van der Waals surface area contributed by atoms with Crippen LogP contribution in [-0.2, 0) is 11.3 Å². The molecule has 1 heterocycles. The van der Waals surface area contributed by atoms with Crippen LogP contribution in [0.3, 0.4) is 0 Å². The van der Waals surface area contributed by atoms with Gasteiger partial charge in [-0.15, -0.1) is 11.3 Å². The molecule has 1 saturated carbocycles. The first kappa shape index (κ1) is 10.1. The second kappa shape index (κ2) is 4.87. The molecule has 2 rings (SSSR count). The zero-order valence-electron chi connectivity index (χ0n) is 8.19. The molecule has 0 aliphatic heterocycles. The van der Waals surface area contributed by atoms with Crippen LogP contribution in [0.2, 0.25) is 0 Å². The first-order valence-corrected chi connectivity index (χ1v) is 6.00. The molecule has 0 radical (unpaired) electrons. The molecule has 0 aromatic carbocycles. The van der Waals surface area contributed by atoms with Crippen LogP contribution < -0.4 is 5.73 Å². The summed E-state index contributed by atoms with van der Waals surface area (Å²) in [6.07, 6.45) is 6.75. The summed E-state index contributed by atoms with van der Waals surface area (Å²) < 4.78 is 5.76. The molecule has 1 aromatic heterocycles. The summed E-state index contributed by atoms with van der Waals surface area (Å²) in [6.45, 7) is 0.621. The lowest BCUT2D eigenvalue weighted by Gasteiger charge is -2.28. The van der Waals surface area contributed by atoms with Gasteiger partial charge < -0.3 is 10.5 Å². The Balaban J connectivity index is 1.79. The van der Waals surface area contributed by atoms with Gasteiger partial charge in [0.15, 0.2) is 0 Å². The zero-order chi connectivity index (χ0) is 9.80. The summed E-state index contributed by atoms with van der Waals surface area (Å²) in [7, 11) is 0. The molecule has 78 valence electrons. The summed E-state index contributed by atoms with van der Waals surface area (Å²) in [6, 6.07) is 0.226. The van der Waals surface area contributed by atoms with Gasteiger partial charge in [0.05, 0.1) is 12.7 Å². The summed E-state index contributed by atoms with van der Waals surface area (Å²) >= 11 is 1.64. The van der Waals surface area contributed by atoms with Gasteiger partial charge in [0, 0.05) is 17.6 Å². The molecule has 2 unspecified atom stereocenters. The van der Waals surface area contributed by atoms with E-state index in [0.29, 0.717) is 6.61 Å². The Morgan fingerprint density at radius 2 is 2.36 bits per heavy atom. The maximum absolute atomic E-state index is 5.98. The van der Waals surface area contributed by atoms with E-state index in [2.05, 4.69) is 4.98 Å². The minimum absolute atomic E-state index is 0.226. The zero-order valence-corrected chi connectivity index (χ0v) is 9.00. The molecule has 1 aromatic rings. The van der Waals surface area contributed by atoms with Crippen LogP contribution in [0.15, 0.2) is 11.6 Å². The third kappa shape index (κ3) is 2.53. The average Bonchev–Trinajstić information content (AvgIpc) is 2.69. The lowest BCUT2D eigenvalue weighted by atomic mass is 9.93. The number of rotatable bonds is 3. The normalized spacial score (nSPS) is 27.8. The highest BCUT2D eigenvalue weighted by molar-refractivity contribution is 7.09. The van der Waals surface area contributed by atoms with Crippen molar-refractivity contribution < 1.29 is 4.74 Å². The van der Waals surface area contributed by atoms with Crippen LogP contribution in [-0.4, -0.2) is 17.1 Å². The van der Waals surface area contributed by atoms with E-state index in [-0.39, 0.29) is 12.1 Å². The van der Waals surface area contributed by atoms with Gasteiger partial charge in [-0.3, -0.25) is 0 Å². The molecular formula is C10H16N2OS. The van der Waals surface area contributed by atoms with Crippen LogP contribution in [0.1, 0.15) is 30.7 Å². The molecule has 1 aliphatic rings. The molecule has 0 saturated heterocycles. The molecule has 0 amide bonds. The smallest absolute Gasteiger partial charge is 0.118 e. The van der Waals surface area contributed by atoms with Crippen LogP contribution in [0, 0.1) is 0 Å². The van der Waals surface area contributed by atoms with Gasteiger partial charge in [0.2, 0.25) is 0 Å². The summed E-state index contributed by atoms with van der Waals surface area (Å²) in [5, 5.41) is 3.02. The highest BCUT2D eigenvalue weighted by atomic mass is 32.1. The van der Waals surface area contributed by atoms with Crippen molar-refractivity contribution in [3.63, 3.8) is 0 Å². The minimum atomic E-state index is 0.226. The third-order valence-electron chi connectivity index (χ3n) is 2.66. The SMILES string of the molecule is NC1CCCCC1OCc1nccs1. The maximum atomic E-state index is 5.98. The summed E-state index contributed by atoms with van der Waals surface area (Å²) in [5.74, 6) is 0. The summed E-state index contributed by atoms with van der Waals surface area (Å²) in [5.41, 5.74) is 5.98.